The fourth-order valence-electron chi connectivity index (χ4n) is 5.41. The van der Waals surface area contributed by atoms with E-state index in [0.29, 0.717) is 46.9 Å². The van der Waals surface area contributed by atoms with Crippen LogP contribution in [-0.4, -0.2) is 42.5 Å². The molecule has 6 rings (SSSR count). The number of methoxy groups -OCH3 is 2. The number of carbonyl (C=O) groups excluding carboxylic acids is 2. The van der Waals surface area contributed by atoms with E-state index in [0.717, 1.165) is 51.8 Å². The van der Waals surface area contributed by atoms with Gasteiger partial charge in [0.25, 0.3) is 0 Å². The number of Topliss-reactive ketones (excluding diaryl/α,β-unsaturated/α-hetero) is 1. The Kier molecular flexibility index (Phi) is 11.8. The lowest BCUT2D eigenvalue weighted by atomic mass is 10.0. The first-order chi connectivity index (χ1) is 23.8. The highest BCUT2D eigenvalue weighted by atomic mass is 32.1. The molecule has 0 atom stereocenters. The van der Waals surface area contributed by atoms with Crippen molar-refractivity contribution in [2.45, 2.75) is 47.0 Å². The maximum absolute atomic E-state index is 12.6. The average molecular weight is 697 g/mol. The van der Waals surface area contributed by atoms with Gasteiger partial charge in [-0.2, -0.15) is 0 Å². The van der Waals surface area contributed by atoms with Gasteiger partial charge in [-0.25, -0.2) is 4.79 Å². The summed E-state index contributed by atoms with van der Waals surface area (Å²) in [7, 11) is 3.24. The number of rotatable bonds is 12. The standard InChI is InChI=1S/C20H22N2O2S.C18H18N2O3S/c1-4-7-16(23)14-12-21-20-13(8-6-9-17(20)24-3)19(14)22-15-10-11-25-18(15)5-2;1-4-23-18(21)13-8-19-17-12(6-5-7-15(17)22-3)16(13)20-14-10-24-9-11(14)2/h6,8-12H,4-5,7H2,1-3H3,(H,21,22);5-10H,4H2,1-3H3,(H,19,20). The van der Waals surface area contributed by atoms with E-state index in [4.69, 9.17) is 14.2 Å². The van der Waals surface area contributed by atoms with Gasteiger partial charge < -0.3 is 24.8 Å². The summed E-state index contributed by atoms with van der Waals surface area (Å²) in [6.45, 7) is 8.26. The van der Waals surface area contributed by atoms with Crippen molar-refractivity contribution in [3.05, 3.63) is 92.6 Å². The first-order valence-corrected chi connectivity index (χ1v) is 17.9. The number of aromatic nitrogens is 2. The molecule has 0 spiro atoms. The minimum absolute atomic E-state index is 0.107. The summed E-state index contributed by atoms with van der Waals surface area (Å²) < 4.78 is 16.0. The van der Waals surface area contributed by atoms with Gasteiger partial charge in [0.05, 0.1) is 49.1 Å². The van der Waals surface area contributed by atoms with Crippen LogP contribution in [0.1, 0.15) is 64.8 Å². The van der Waals surface area contributed by atoms with Gasteiger partial charge in [0.15, 0.2) is 5.78 Å². The number of para-hydroxylation sites is 2. The quantitative estimate of drug-likeness (QED) is 0.0954. The molecule has 0 unspecified atom stereocenters. The van der Waals surface area contributed by atoms with Gasteiger partial charge in [0, 0.05) is 39.8 Å². The molecule has 49 heavy (non-hydrogen) atoms. The van der Waals surface area contributed by atoms with E-state index in [-0.39, 0.29) is 5.78 Å². The lowest BCUT2D eigenvalue weighted by Crippen LogP contribution is -2.09. The summed E-state index contributed by atoms with van der Waals surface area (Å²) in [4.78, 5) is 35.2. The molecule has 4 heterocycles. The Morgan fingerprint density at radius 3 is 1.96 bits per heavy atom. The summed E-state index contributed by atoms with van der Waals surface area (Å²) in [5.41, 5.74) is 7.11. The van der Waals surface area contributed by atoms with E-state index < -0.39 is 5.97 Å². The minimum atomic E-state index is -0.398. The minimum Gasteiger partial charge on any atom is -0.494 e. The first kappa shape index (κ1) is 35.3. The molecule has 11 heteroatoms. The summed E-state index contributed by atoms with van der Waals surface area (Å²) in [5.74, 6) is 1.07. The maximum Gasteiger partial charge on any atom is 0.341 e. The van der Waals surface area contributed by atoms with Crippen molar-refractivity contribution < 1.29 is 23.8 Å². The molecular formula is C38H40N4O5S2. The Balaban J connectivity index is 0.000000191. The Morgan fingerprint density at radius 1 is 0.796 bits per heavy atom. The first-order valence-electron chi connectivity index (χ1n) is 16.1. The Morgan fingerprint density at radius 2 is 1.41 bits per heavy atom. The van der Waals surface area contributed by atoms with Gasteiger partial charge in [-0.05, 0) is 61.2 Å². The number of nitrogens with one attached hydrogen (secondary N) is 2. The number of benzene rings is 2. The highest BCUT2D eigenvalue weighted by Crippen LogP contribution is 2.37. The van der Waals surface area contributed by atoms with Crippen LogP contribution in [0.25, 0.3) is 21.8 Å². The second-order valence-corrected chi connectivity index (χ2v) is 12.8. The van der Waals surface area contributed by atoms with Crippen LogP contribution in [0, 0.1) is 6.92 Å². The lowest BCUT2D eigenvalue weighted by molar-refractivity contribution is 0.0527. The highest BCUT2D eigenvalue weighted by molar-refractivity contribution is 7.10. The molecule has 0 fully saturated rings. The third kappa shape index (κ3) is 7.68. The van der Waals surface area contributed by atoms with Crippen LogP contribution in [0.2, 0.25) is 0 Å². The van der Waals surface area contributed by atoms with Crippen molar-refractivity contribution in [1.29, 1.82) is 0 Å². The molecule has 0 radical (unpaired) electrons. The van der Waals surface area contributed by atoms with Crippen LogP contribution >= 0.6 is 22.7 Å². The van der Waals surface area contributed by atoms with Crippen molar-refractivity contribution in [2.75, 3.05) is 31.5 Å². The number of carbonyl (C=O) groups is 2. The second-order valence-electron chi connectivity index (χ2n) is 11.0. The van der Waals surface area contributed by atoms with E-state index in [2.05, 4.69) is 44.4 Å². The zero-order valence-corrected chi connectivity index (χ0v) is 30.1. The Bertz CT molecular complexity index is 2090. The number of fused-ring (bicyclic) bond motifs is 2. The monoisotopic (exact) mass is 696 g/mol. The molecule has 4 aromatic heterocycles. The van der Waals surface area contributed by atoms with Crippen molar-refractivity contribution >= 4 is 79.0 Å². The van der Waals surface area contributed by atoms with Crippen LogP contribution in [0.3, 0.4) is 0 Å². The Labute approximate surface area is 294 Å². The smallest absolute Gasteiger partial charge is 0.341 e. The van der Waals surface area contributed by atoms with Gasteiger partial charge in [0.2, 0.25) is 0 Å². The van der Waals surface area contributed by atoms with Crippen LogP contribution in [0.15, 0.2) is 71.0 Å². The van der Waals surface area contributed by atoms with E-state index in [1.807, 2.05) is 55.6 Å². The number of ether oxygens (including phenoxy) is 3. The number of ketones is 1. The topological polar surface area (TPSA) is 112 Å². The van der Waals surface area contributed by atoms with Crippen LogP contribution in [0.4, 0.5) is 22.7 Å². The van der Waals surface area contributed by atoms with Crippen molar-refractivity contribution in [3.63, 3.8) is 0 Å². The lowest BCUT2D eigenvalue weighted by Gasteiger charge is -2.15. The molecule has 2 N–H and O–H groups in total. The zero-order chi connectivity index (χ0) is 34.9. The summed E-state index contributed by atoms with van der Waals surface area (Å²) in [6.07, 6.45) is 5.48. The van der Waals surface area contributed by atoms with E-state index in [1.54, 1.807) is 50.0 Å². The molecule has 0 saturated carbocycles. The number of esters is 1. The van der Waals surface area contributed by atoms with Gasteiger partial charge in [-0.1, -0.05) is 38.1 Å². The molecule has 254 valence electrons. The molecule has 0 aliphatic rings. The molecule has 0 bridgehead atoms. The number of nitrogens with zero attached hydrogens (tertiary/aromatic N) is 2. The number of aryl methyl sites for hydroxylation is 2. The molecule has 9 nitrogen and oxygen atoms in total. The molecule has 0 aliphatic heterocycles. The van der Waals surface area contributed by atoms with Crippen molar-refractivity contribution in [1.82, 2.24) is 9.97 Å². The van der Waals surface area contributed by atoms with Gasteiger partial charge in [-0.15, -0.1) is 22.7 Å². The zero-order valence-electron chi connectivity index (χ0n) is 28.5. The highest BCUT2D eigenvalue weighted by Gasteiger charge is 2.20. The van der Waals surface area contributed by atoms with Crippen LogP contribution in [0.5, 0.6) is 11.5 Å². The van der Waals surface area contributed by atoms with Crippen molar-refractivity contribution in [2.24, 2.45) is 0 Å². The Hall–Kier alpha value is -5.00. The van der Waals surface area contributed by atoms with E-state index in [9.17, 15) is 9.59 Å². The second kappa shape index (κ2) is 16.4. The summed E-state index contributed by atoms with van der Waals surface area (Å²) in [5, 5.41) is 14.7. The predicted molar refractivity (Wildman–Crippen MR) is 201 cm³/mol. The molecule has 0 saturated heterocycles. The van der Waals surface area contributed by atoms with Gasteiger partial charge in [0.1, 0.15) is 28.1 Å². The molecule has 0 amide bonds. The fourth-order valence-corrected chi connectivity index (χ4v) is 6.97. The molecule has 6 aromatic rings. The third-order valence-electron chi connectivity index (χ3n) is 7.87. The fraction of sp³-hybridized carbons (Fsp3) is 0.263. The average Bonchev–Trinajstić information content (AvgIpc) is 3.76. The SMILES string of the molecule is CCCC(=O)c1cnc2c(OC)cccc2c1Nc1ccsc1CC.CCOC(=O)c1cnc2c(OC)cccc2c1Nc1cscc1C. The number of hydrogen-bond donors (Lipinski definition) is 2. The van der Waals surface area contributed by atoms with E-state index in [1.165, 1.54) is 11.1 Å². The predicted octanol–water partition coefficient (Wildman–Crippen LogP) is 10.1. The summed E-state index contributed by atoms with van der Waals surface area (Å²) in [6, 6.07) is 13.5. The van der Waals surface area contributed by atoms with Gasteiger partial charge in [-0.3, -0.25) is 14.8 Å². The van der Waals surface area contributed by atoms with Crippen molar-refractivity contribution in [3.8, 4) is 11.5 Å². The van der Waals surface area contributed by atoms with E-state index >= 15 is 0 Å². The number of pyridine rings is 2. The molecular weight excluding hydrogens is 657 g/mol. The normalized spacial score (nSPS) is 10.7. The number of hydrogen-bond acceptors (Lipinski definition) is 11. The number of anilines is 4. The third-order valence-corrected chi connectivity index (χ3v) is 9.80. The molecule has 0 aliphatic carbocycles. The van der Waals surface area contributed by atoms with Crippen LogP contribution < -0.4 is 20.1 Å². The molecule has 2 aromatic carbocycles. The number of thiophene rings is 2. The maximum atomic E-state index is 12.6. The summed E-state index contributed by atoms with van der Waals surface area (Å²) >= 11 is 3.32. The van der Waals surface area contributed by atoms with Gasteiger partial charge >= 0.3 is 5.97 Å². The largest absolute Gasteiger partial charge is 0.494 e. The van der Waals surface area contributed by atoms with Crippen LogP contribution in [-0.2, 0) is 11.2 Å².